The van der Waals surface area contributed by atoms with E-state index >= 15 is 0 Å². The molecule has 0 radical (unpaired) electrons. The van der Waals surface area contributed by atoms with Gasteiger partial charge in [-0.05, 0) is 12.8 Å². The number of rotatable bonds is 4. The van der Waals surface area contributed by atoms with Gasteiger partial charge in [-0.1, -0.05) is 13.8 Å². The van der Waals surface area contributed by atoms with Crippen molar-refractivity contribution in [3.8, 4) is 0 Å². The number of aromatic nitrogens is 1. The minimum atomic E-state index is -0.544. The fourth-order valence-corrected chi connectivity index (χ4v) is 1.03. The Morgan fingerprint density at radius 3 is 2.80 bits per heavy atom. The summed E-state index contributed by atoms with van der Waals surface area (Å²) in [7, 11) is 0. The second-order valence-electron chi connectivity index (χ2n) is 3.79. The number of aliphatic hydroxyl groups excluding tert-OH is 1. The van der Waals surface area contributed by atoms with Crippen LogP contribution in [0.15, 0.2) is 10.8 Å². The maximum absolute atomic E-state index is 11.5. The molecule has 1 atom stereocenters. The molecule has 1 unspecified atom stereocenters. The molecule has 1 rings (SSSR count). The normalized spacial score (nSPS) is 12.9. The van der Waals surface area contributed by atoms with Crippen molar-refractivity contribution in [1.82, 2.24) is 10.3 Å². The Kier molecular flexibility index (Phi) is 3.85. The SMILES string of the molecule is Cc1ncoc1C(=O)NCC(O)C(C)C. The molecule has 0 aliphatic heterocycles. The predicted octanol–water partition coefficient (Wildman–Crippen LogP) is 0.730. The molecule has 0 fully saturated rings. The van der Waals surface area contributed by atoms with E-state index in [4.69, 9.17) is 4.42 Å². The first-order valence-electron chi connectivity index (χ1n) is 4.88. The maximum Gasteiger partial charge on any atom is 0.289 e. The Hall–Kier alpha value is -1.36. The quantitative estimate of drug-likeness (QED) is 0.771. The third kappa shape index (κ3) is 3.06. The maximum atomic E-state index is 11.5. The van der Waals surface area contributed by atoms with Crippen LogP contribution in [0.4, 0.5) is 0 Å². The van der Waals surface area contributed by atoms with Gasteiger partial charge in [0.05, 0.1) is 11.8 Å². The van der Waals surface area contributed by atoms with E-state index in [1.165, 1.54) is 6.39 Å². The molecule has 1 aromatic rings. The molecule has 1 amide bonds. The average Bonchev–Trinajstić information content (AvgIpc) is 2.60. The average molecular weight is 212 g/mol. The predicted molar refractivity (Wildman–Crippen MR) is 54.4 cm³/mol. The molecule has 1 aromatic heterocycles. The van der Waals surface area contributed by atoms with Crippen molar-refractivity contribution in [2.24, 2.45) is 5.92 Å². The second kappa shape index (κ2) is 4.93. The number of oxazole rings is 1. The Bertz CT molecular complexity index is 333. The molecular weight excluding hydrogens is 196 g/mol. The zero-order valence-electron chi connectivity index (χ0n) is 9.15. The summed E-state index contributed by atoms with van der Waals surface area (Å²) in [6, 6.07) is 0. The number of hydrogen-bond acceptors (Lipinski definition) is 4. The molecule has 0 saturated carbocycles. The minimum absolute atomic E-state index is 0.112. The van der Waals surface area contributed by atoms with Crippen LogP contribution in [0.3, 0.4) is 0 Å². The van der Waals surface area contributed by atoms with E-state index in [-0.39, 0.29) is 24.1 Å². The van der Waals surface area contributed by atoms with E-state index in [0.29, 0.717) is 5.69 Å². The fraction of sp³-hybridized carbons (Fsp3) is 0.600. The highest BCUT2D eigenvalue weighted by molar-refractivity contribution is 5.92. The van der Waals surface area contributed by atoms with Gasteiger partial charge in [-0.25, -0.2) is 4.98 Å². The first-order valence-corrected chi connectivity index (χ1v) is 4.88. The van der Waals surface area contributed by atoms with Crippen LogP contribution >= 0.6 is 0 Å². The van der Waals surface area contributed by atoms with Crippen molar-refractivity contribution in [2.75, 3.05) is 6.54 Å². The van der Waals surface area contributed by atoms with Crippen molar-refractivity contribution in [1.29, 1.82) is 0 Å². The summed E-state index contributed by atoms with van der Waals surface area (Å²) < 4.78 is 4.91. The molecule has 2 N–H and O–H groups in total. The molecule has 0 aliphatic rings. The standard InChI is InChI=1S/C10H16N2O3/c1-6(2)8(13)4-11-10(14)9-7(3)12-5-15-9/h5-6,8,13H,4H2,1-3H3,(H,11,14). The number of carbonyl (C=O) groups is 1. The van der Waals surface area contributed by atoms with E-state index in [9.17, 15) is 9.90 Å². The largest absolute Gasteiger partial charge is 0.438 e. The lowest BCUT2D eigenvalue weighted by atomic mass is 10.1. The van der Waals surface area contributed by atoms with Gasteiger partial charge >= 0.3 is 0 Å². The Balaban J connectivity index is 2.47. The van der Waals surface area contributed by atoms with Crippen LogP contribution in [0, 0.1) is 12.8 Å². The van der Waals surface area contributed by atoms with Gasteiger partial charge in [-0.2, -0.15) is 0 Å². The number of nitrogens with zero attached hydrogens (tertiary/aromatic N) is 1. The first-order chi connectivity index (χ1) is 7.02. The first kappa shape index (κ1) is 11.7. The molecular formula is C10H16N2O3. The van der Waals surface area contributed by atoms with E-state index in [2.05, 4.69) is 10.3 Å². The number of aliphatic hydroxyl groups is 1. The topological polar surface area (TPSA) is 75.4 Å². The fourth-order valence-electron chi connectivity index (χ4n) is 1.03. The molecule has 0 bridgehead atoms. The van der Waals surface area contributed by atoms with Crippen LogP contribution in [0.2, 0.25) is 0 Å². The summed E-state index contributed by atoms with van der Waals surface area (Å²) in [5.41, 5.74) is 0.548. The van der Waals surface area contributed by atoms with Crippen molar-refractivity contribution >= 4 is 5.91 Å². The van der Waals surface area contributed by atoms with Crippen LogP contribution < -0.4 is 5.32 Å². The second-order valence-corrected chi connectivity index (χ2v) is 3.79. The van der Waals surface area contributed by atoms with Crippen LogP contribution in [0.25, 0.3) is 0 Å². The zero-order chi connectivity index (χ0) is 11.4. The number of nitrogens with one attached hydrogen (secondary N) is 1. The van der Waals surface area contributed by atoms with Crippen molar-refractivity contribution in [2.45, 2.75) is 26.9 Å². The Labute approximate surface area is 88.5 Å². The molecule has 84 valence electrons. The highest BCUT2D eigenvalue weighted by Gasteiger charge is 2.16. The number of amides is 1. The van der Waals surface area contributed by atoms with Gasteiger partial charge in [0, 0.05) is 6.54 Å². The number of hydrogen-bond donors (Lipinski definition) is 2. The summed E-state index contributed by atoms with van der Waals surface area (Å²) in [6.45, 7) is 5.68. The van der Waals surface area contributed by atoms with Crippen LogP contribution in [-0.2, 0) is 0 Å². The van der Waals surface area contributed by atoms with Crippen LogP contribution in [0.5, 0.6) is 0 Å². The molecule has 0 aromatic carbocycles. The molecule has 1 heterocycles. The molecule has 0 saturated heterocycles. The van der Waals surface area contributed by atoms with Gasteiger partial charge in [-0.15, -0.1) is 0 Å². The molecule has 5 heteroatoms. The molecule has 5 nitrogen and oxygen atoms in total. The van der Waals surface area contributed by atoms with Gasteiger partial charge in [-0.3, -0.25) is 4.79 Å². The summed E-state index contributed by atoms with van der Waals surface area (Å²) >= 11 is 0. The summed E-state index contributed by atoms with van der Waals surface area (Å²) in [5.74, 6) is -0.0308. The zero-order valence-corrected chi connectivity index (χ0v) is 9.15. The smallest absolute Gasteiger partial charge is 0.289 e. The van der Waals surface area contributed by atoms with Crippen LogP contribution in [0.1, 0.15) is 30.1 Å². The molecule has 0 aliphatic carbocycles. The number of carbonyl (C=O) groups excluding carboxylic acids is 1. The lowest BCUT2D eigenvalue weighted by molar-refractivity contribution is 0.0846. The lowest BCUT2D eigenvalue weighted by Gasteiger charge is -2.14. The highest BCUT2D eigenvalue weighted by Crippen LogP contribution is 2.05. The summed E-state index contributed by atoms with van der Waals surface area (Å²) in [4.78, 5) is 15.3. The third-order valence-electron chi connectivity index (χ3n) is 2.19. The van der Waals surface area contributed by atoms with Crippen molar-refractivity contribution < 1.29 is 14.3 Å². The van der Waals surface area contributed by atoms with Gasteiger partial charge in [0.1, 0.15) is 0 Å². The van der Waals surface area contributed by atoms with Crippen LogP contribution in [-0.4, -0.2) is 28.6 Å². The molecule has 15 heavy (non-hydrogen) atoms. The lowest BCUT2D eigenvalue weighted by Crippen LogP contribution is -2.34. The minimum Gasteiger partial charge on any atom is -0.438 e. The third-order valence-corrected chi connectivity index (χ3v) is 2.19. The molecule has 0 spiro atoms. The monoisotopic (exact) mass is 212 g/mol. The summed E-state index contributed by atoms with van der Waals surface area (Å²) in [5, 5.41) is 12.1. The van der Waals surface area contributed by atoms with Gasteiger partial charge in [0.2, 0.25) is 5.76 Å². The van der Waals surface area contributed by atoms with E-state index in [1.54, 1.807) is 6.92 Å². The van der Waals surface area contributed by atoms with Crippen molar-refractivity contribution in [3.63, 3.8) is 0 Å². The summed E-state index contributed by atoms with van der Waals surface area (Å²) in [6.07, 6.45) is 0.681. The van der Waals surface area contributed by atoms with Gasteiger partial charge in [0.15, 0.2) is 6.39 Å². The van der Waals surface area contributed by atoms with Gasteiger partial charge < -0.3 is 14.8 Å². The van der Waals surface area contributed by atoms with E-state index in [1.807, 2.05) is 13.8 Å². The van der Waals surface area contributed by atoms with E-state index < -0.39 is 6.10 Å². The van der Waals surface area contributed by atoms with Gasteiger partial charge in [0.25, 0.3) is 5.91 Å². The highest BCUT2D eigenvalue weighted by atomic mass is 16.3. The Morgan fingerprint density at radius 2 is 2.33 bits per heavy atom. The number of aryl methyl sites for hydroxylation is 1. The van der Waals surface area contributed by atoms with E-state index in [0.717, 1.165) is 0 Å². The Morgan fingerprint density at radius 1 is 1.67 bits per heavy atom. The van der Waals surface area contributed by atoms with Crippen molar-refractivity contribution in [3.05, 3.63) is 17.8 Å².